The van der Waals surface area contributed by atoms with Crippen LogP contribution >= 0.6 is 0 Å². The fourth-order valence-electron chi connectivity index (χ4n) is 2.49. The normalized spacial score (nSPS) is 20.0. The quantitative estimate of drug-likeness (QED) is 0.918. The standard InChI is InChI=1S/C15H19N3O/c1-3-10(2)14-17-15(19-18-14)13-9-16-8-11-6-4-5-7-12(11)13/h4-7,10,13,16H,3,8-9H2,1-2H3. The van der Waals surface area contributed by atoms with Gasteiger partial charge in [0, 0.05) is 19.0 Å². The second kappa shape index (κ2) is 5.13. The van der Waals surface area contributed by atoms with Gasteiger partial charge >= 0.3 is 0 Å². The van der Waals surface area contributed by atoms with Gasteiger partial charge in [-0.1, -0.05) is 43.3 Å². The average molecular weight is 257 g/mol. The highest BCUT2D eigenvalue weighted by atomic mass is 16.5. The first-order valence-corrected chi connectivity index (χ1v) is 6.91. The maximum atomic E-state index is 5.48. The molecule has 1 aliphatic rings. The fraction of sp³-hybridized carbons (Fsp3) is 0.467. The summed E-state index contributed by atoms with van der Waals surface area (Å²) in [6.07, 6.45) is 1.03. The van der Waals surface area contributed by atoms with E-state index < -0.39 is 0 Å². The molecule has 0 radical (unpaired) electrons. The van der Waals surface area contributed by atoms with Crippen molar-refractivity contribution in [2.24, 2.45) is 0 Å². The molecule has 0 aliphatic carbocycles. The Balaban J connectivity index is 1.93. The first-order chi connectivity index (χ1) is 9.29. The van der Waals surface area contributed by atoms with Crippen LogP contribution in [0.25, 0.3) is 0 Å². The maximum absolute atomic E-state index is 5.48. The van der Waals surface area contributed by atoms with Crippen LogP contribution in [-0.2, 0) is 6.54 Å². The molecular formula is C15H19N3O. The second-order valence-corrected chi connectivity index (χ2v) is 5.18. The SMILES string of the molecule is CCC(C)c1noc(C2CNCc3ccccc32)n1. The molecule has 0 saturated heterocycles. The third-order valence-corrected chi connectivity index (χ3v) is 3.90. The van der Waals surface area contributed by atoms with Gasteiger partial charge < -0.3 is 9.84 Å². The zero-order valence-corrected chi connectivity index (χ0v) is 11.4. The second-order valence-electron chi connectivity index (χ2n) is 5.18. The van der Waals surface area contributed by atoms with Crippen LogP contribution in [0.5, 0.6) is 0 Å². The molecule has 4 nitrogen and oxygen atoms in total. The Morgan fingerprint density at radius 2 is 2.26 bits per heavy atom. The monoisotopic (exact) mass is 257 g/mol. The molecule has 0 bridgehead atoms. The van der Waals surface area contributed by atoms with Crippen LogP contribution in [0.2, 0.25) is 0 Å². The van der Waals surface area contributed by atoms with Crippen molar-refractivity contribution in [3.05, 3.63) is 47.1 Å². The van der Waals surface area contributed by atoms with E-state index in [1.807, 2.05) is 0 Å². The summed E-state index contributed by atoms with van der Waals surface area (Å²) in [4.78, 5) is 4.59. The molecule has 100 valence electrons. The van der Waals surface area contributed by atoms with Crippen LogP contribution in [0.3, 0.4) is 0 Å². The molecule has 2 unspecified atom stereocenters. The first kappa shape index (κ1) is 12.4. The Morgan fingerprint density at radius 3 is 3.11 bits per heavy atom. The van der Waals surface area contributed by atoms with Gasteiger partial charge in [-0.15, -0.1) is 0 Å². The lowest BCUT2D eigenvalue weighted by atomic mass is 9.91. The number of nitrogens with zero attached hydrogens (tertiary/aromatic N) is 2. The molecule has 0 fully saturated rings. The van der Waals surface area contributed by atoms with Crippen molar-refractivity contribution in [1.82, 2.24) is 15.5 Å². The van der Waals surface area contributed by atoms with Gasteiger partial charge in [0.25, 0.3) is 0 Å². The van der Waals surface area contributed by atoms with Crippen LogP contribution in [0, 0.1) is 0 Å². The number of benzene rings is 1. The van der Waals surface area contributed by atoms with E-state index in [2.05, 4.69) is 53.6 Å². The van der Waals surface area contributed by atoms with E-state index in [-0.39, 0.29) is 5.92 Å². The molecule has 0 amide bonds. The molecule has 0 saturated carbocycles. The summed E-state index contributed by atoms with van der Waals surface area (Å²) in [5.74, 6) is 2.08. The molecule has 4 heteroatoms. The van der Waals surface area contributed by atoms with E-state index in [1.54, 1.807) is 0 Å². The van der Waals surface area contributed by atoms with E-state index in [1.165, 1.54) is 11.1 Å². The van der Waals surface area contributed by atoms with E-state index in [0.29, 0.717) is 5.92 Å². The van der Waals surface area contributed by atoms with Crippen molar-refractivity contribution in [2.75, 3.05) is 6.54 Å². The summed E-state index contributed by atoms with van der Waals surface area (Å²) in [5, 5.41) is 7.54. The number of hydrogen-bond donors (Lipinski definition) is 1. The van der Waals surface area contributed by atoms with Gasteiger partial charge in [0.05, 0.1) is 5.92 Å². The molecule has 1 N–H and O–H groups in total. The van der Waals surface area contributed by atoms with Gasteiger partial charge in [-0.25, -0.2) is 0 Å². The van der Waals surface area contributed by atoms with Crippen LogP contribution < -0.4 is 5.32 Å². The van der Waals surface area contributed by atoms with E-state index in [9.17, 15) is 0 Å². The molecule has 19 heavy (non-hydrogen) atoms. The van der Waals surface area contributed by atoms with Gasteiger partial charge in [-0.05, 0) is 17.5 Å². The van der Waals surface area contributed by atoms with Crippen molar-refractivity contribution in [3.8, 4) is 0 Å². The molecule has 1 aliphatic heterocycles. The summed E-state index contributed by atoms with van der Waals surface area (Å²) in [6, 6.07) is 8.46. The van der Waals surface area contributed by atoms with Crippen molar-refractivity contribution >= 4 is 0 Å². The van der Waals surface area contributed by atoms with E-state index in [4.69, 9.17) is 4.52 Å². The van der Waals surface area contributed by atoms with Crippen molar-refractivity contribution < 1.29 is 4.52 Å². The van der Waals surface area contributed by atoms with E-state index >= 15 is 0 Å². The summed E-state index contributed by atoms with van der Waals surface area (Å²) < 4.78 is 5.48. The number of aromatic nitrogens is 2. The minimum absolute atomic E-state index is 0.176. The number of rotatable bonds is 3. The van der Waals surface area contributed by atoms with Crippen LogP contribution in [0.15, 0.2) is 28.8 Å². The predicted molar refractivity (Wildman–Crippen MR) is 73.0 cm³/mol. The predicted octanol–water partition coefficient (Wildman–Crippen LogP) is 2.82. The summed E-state index contributed by atoms with van der Waals surface area (Å²) >= 11 is 0. The largest absolute Gasteiger partial charge is 0.339 e. The molecule has 2 atom stereocenters. The van der Waals surface area contributed by atoms with Crippen molar-refractivity contribution in [3.63, 3.8) is 0 Å². The lowest BCUT2D eigenvalue weighted by molar-refractivity contribution is 0.350. The summed E-state index contributed by atoms with van der Waals surface area (Å²) in [7, 11) is 0. The molecule has 3 rings (SSSR count). The Kier molecular flexibility index (Phi) is 3.34. The zero-order valence-electron chi connectivity index (χ0n) is 11.4. The minimum atomic E-state index is 0.176. The van der Waals surface area contributed by atoms with Crippen LogP contribution in [-0.4, -0.2) is 16.7 Å². The topological polar surface area (TPSA) is 51.0 Å². The zero-order chi connectivity index (χ0) is 13.2. The first-order valence-electron chi connectivity index (χ1n) is 6.91. The highest BCUT2D eigenvalue weighted by molar-refractivity contribution is 5.35. The van der Waals surface area contributed by atoms with Gasteiger partial charge in [-0.3, -0.25) is 0 Å². The maximum Gasteiger partial charge on any atom is 0.235 e. The van der Waals surface area contributed by atoms with Gasteiger partial charge in [-0.2, -0.15) is 4.98 Å². The van der Waals surface area contributed by atoms with Gasteiger partial charge in [0.2, 0.25) is 5.89 Å². The number of nitrogens with one attached hydrogen (secondary N) is 1. The number of hydrogen-bond acceptors (Lipinski definition) is 4. The molecule has 0 spiro atoms. The number of fused-ring (bicyclic) bond motifs is 1. The van der Waals surface area contributed by atoms with E-state index in [0.717, 1.165) is 31.2 Å². The molecule has 2 aromatic rings. The fourth-order valence-corrected chi connectivity index (χ4v) is 2.49. The molecular weight excluding hydrogens is 238 g/mol. The summed E-state index contributed by atoms with van der Waals surface area (Å²) in [6.45, 7) is 6.04. The average Bonchev–Trinajstić information content (AvgIpc) is 2.95. The molecule has 2 heterocycles. The highest BCUT2D eigenvalue weighted by Crippen LogP contribution is 2.29. The lowest BCUT2D eigenvalue weighted by Crippen LogP contribution is -2.28. The summed E-state index contributed by atoms with van der Waals surface area (Å²) in [5.41, 5.74) is 2.63. The van der Waals surface area contributed by atoms with Gasteiger partial charge in [0.1, 0.15) is 0 Å². The van der Waals surface area contributed by atoms with Crippen molar-refractivity contribution in [2.45, 2.75) is 38.6 Å². The van der Waals surface area contributed by atoms with Crippen LogP contribution in [0.1, 0.15) is 54.9 Å². The van der Waals surface area contributed by atoms with Gasteiger partial charge in [0.15, 0.2) is 5.82 Å². The minimum Gasteiger partial charge on any atom is -0.339 e. The molecule has 1 aromatic heterocycles. The Labute approximate surface area is 113 Å². The smallest absolute Gasteiger partial charge is 0.235 e. The van der Waals surface area contributed by atoms with Crippen LogP contribution in [0.4, 0.5) is 0 Å². The lowest BCUT2D eigenvalue weighted by Gasteiger charge is -2.23. The third-order valence-electron chi connectivity index (χ3n) is 3.90. The molecule has 1 aromatic carbocycles. The Morgan fingerprint density at radius 1 is 1.42 bits per heavy atom. The highest BCUT2D eigenvalue weighted by Gasteiger charge is 2.26. The third kappa shape index (κ3) is 2.28. The Bertz CT molecular complexity index is 564. The Hall–Kier alpha value is -1.68. The van der Waals surface area contributed by atoms with Crippen molar-refractivity contribution in [1.29, 1.82) is 0 Å².